The van der Waals surface area contributed by atoms with E-state index in [9.17, 15) is 30.0 Å². The van der Waals surface area contributed by atoms with Crippen LogP contribution in [0.5, 0.6) is 11.5 Å². The number of carbonyl (C=O) groups excluding carboxylic acids is 3. The number of esters is 1. The molecule has 0 unspecified atom stereocenters. The number of nitriles is 2. The molecule has 5 aliphatic heterocycles. The summed E-state index contributed by atoms with van der Waals surface area (Å²) >= 11 is 0. The summed E-state index contributed by atoms with van der Waals surface area (Å²) in [7, 11) is 1.35. The Morgan fingerprint density at radius 2 is 1.18 bits per heavy atom. The van der Waals surface area contributed by atoms with Gasteiger partial charge in [0.2, 0.25) is 0 Å². The SMILES string of the molecule is CC(C)c1ccc(-c2cc(N)c(C#N)c3c2OCC3)cc1.CC(C)c1ccc(-c2cc(NC(=O)[C@@H]3CO3)c(C#N)c3c2OCC3)cc1.COC(=O)[C@@H]1CO1.O=C([O-])[C@@H]1CO1.[Na+]. The Kier molecular flexibility index (Phi) is 16.0. The van der Waals surface area contributed by atoms with E-state index in [2.05, 4.69) is 108 Å². The van der Waals surface area contributed by atoms with E-state index in [1.807, 2.05) is 12.1 Å². The van der Waals surface area contributed by atoms with Crippen LogP contribution in [0.15, 0.2) is 60.7 Å². The zero-order chi connectivity index (χ0) is 43.1. The second-order valence-electron chi connectivity index (χ2n) is 15.1. The van der Waals surface area contributed by atoms with E-state index in [0.29, 0.717) is 73.8 Å². The van der Waals surface area contributed by atoms with Crippen molar-refractivity contribution in [3.05, 3.63) is 94.0 Å². The maximum Gasteiger partial charge on any atom is 1.00 e. The molecule has 3 fully saturated rings. The molecule has 3 saturated heterocycles. The quantitative estimate of drug-likeness (QED) is 0.113. The number of nitrogens with two attached hydrogens (primary N) is 1. The van der Waals surface area contributed by atoms with E-state index >= 15 is 0 Å². The number of epoxide rings is 3. The minimum Gasteiger partial charge on any atom is -0.547 e. The molecule has 3 atom stereocenters. The van der Waals surface area contributed by atoms with E-state index in [0.717, 1.165) is 51.3 Å². The monoisotopic (exact) mass is 838 g/mol. The number of aliphatic carboxylic acids is 1. The molecule has 4 aromatic rings. The van der Waals surface area contributed by atoms with Crippen molar-refractivity contribution in [2.45, 2.75) is 70.7 Å². The molecule has 5 heterocycles. The number of methoxy groups -OCH3 is 1. The second kappa shape index (κ2) is 20.9. The number of nitrogens with one attached hydrogen (secondary N) is 1. The summed E-state index contributed by atoms with van der Waals surface area (Å²) in [4.78, 5) is 31.9. The molecule has 0 saturated carbocycles. The van der Waals surface area contributed by atoms with Crippen LogP contribution >= 0.6 is 0 Å². The summed E-state index contributed by atoms with van der Waals surface area (Å²) in [6.07, 6.45) is 0.175. The second-order valence-corrected chi connectivity index (χ2v) is 15.1. The fraction of sp³-hybridized carbons (Fsp3) is 0.370. The number of hydrogen-bond acceptors (Lipinski definition) is 13. The molecular formula is C46H47N4NaO10. The van der Waals surface area contributed by atoms with Gasteiger partial charge in [0.05, 0.1) is 68.6 Å². The minimum atomic E-state index is -1.10. The third-order valence-electron chi connectivity index (χ3n) is 10.3. The summed E-state index contributed by atoms with van der Waals surface area (Å²) in [5.41, 5.74) is 16.5. The van der Waals surface area contributed by atoms with Gasteiger partial charge in [0.25, 0.3) is 5.91 Å². The van der Waals surface area contributed by atoms with Crippen molar-refractivity contribution in [2.75, 3.05) is 51.2 Å². The van der Waals surface area contributed by atoms with Gasteiger partial charge in [-0.05, 0) is 46.2 Å². The Balaban J connectivity index is 0.000000178. The Morgan fingerprint density at radius 1 is 0.738 bits per heavy atom. The van der Waals surface area contributed by atoms with Gasteiger partial charge in [0.1, 0.15) is 29.7 Å². The van der Waals surface area contributed by atoms with E-state index in [4.69, 9.17) is 19.9 Å². The average molecular weight is 839 g/mol. The predicted octanol–water partition coefficient (Wildman–Crippen LogP) is 2.18. The third-order valence-corrected chi connectivity index (χ3v) is 10.3. The number of amides is 1. The zero-order valence-electron chi connectivity index (χ0n) is 35.2. The van der Waals surface area contributed by atoms with Gasteiger partial charge < -0.3 is 49.4 Å². The molecule has 9 rings (SSSR count). The molecule has 0 spiro atoms. The first-order chi connectivity index (χ1) is 28.8. The normalized spacial score (nSPS) is 17.8. The van der Waals surface area contributed by atoms with Crippen LogP contribution in [0.3, 0.4) is 0 Å². The van der Waals surface area contributed by atoms with Crippen LogP contribution in [-0.4, -0.2) is 76.3 Å². The van der Waals surface area contributed by atoms with Crippen molar-refractivity contribution >= 4 is 29.2 Å². The van der Waals surface area contributed by atoms with Crippen molar-refractivity contribution in [2.24, 2.45) is 0 Å². The summed E-state index contributed by atoms with van der Waals surface area (Å²) in [5, 5.41) is 31.3. The third kappa shape index (κ3) is 11.7. The van der Waals surface area contributed by atoms with Gasteiger partial charge in [0, 0.05) is 35.1 Å². The molecule has 312 valence electrons. The fourth-order valence-electron chi connectivity index (χ4n) is 6.58. The summed E-state index contributed by atoms with van der Waals surface area (Å²) < 4.78 is 29.8. The van der Waals surface area contributed by atoms with Crippen molar-refractivity contribution in [1.82, 2.24) is 0 Å². The number of hydrogen-bond donors (Lipinski definition) is 2. The molecule has 0 bridgehead atoms. The first kappa shape index (κ1) is 46.6. The first-order valence-electron chi connectivity index (χ1n) is 19.7. The summed E-state index contributed by atoms with van der Waals surface area (Å²) in [6, 6.07) is 24.9. The number of benzene rings is 4. The molecule has 14 nitrogen and oxygen atoms in total. The van der Waals surface area contributed by atoms with Crippen LogP contribution in [0.25, 0.3) is 22.3 Å². The van der Waals surface area contributed by atoms with Crippen molar-refractivity contribution in [1.29, 1.82) is 10.5 Å². The zero-order valence-corrected chi connectivity index (χ0v) is 37.2. The molecular weight excluding hydrogens is 792 g/mol. The molecule has 5 aliphatic rings. The predicted molar refractivity (Wildman–Crippen MR) is 219 cm³/mol. The van der Waals surface area contributed by atoms with E-state index < -0.39 is 18.2 Å². The average Bonchev–Trinajstić information content (AvgIpc) is 4.16. The van der Waals surface area contributed by atoms with Crippen LogP contribution in [-0.2, 0) is 46.2 Å². The van der Waals surface area contributed by atoms with Gasteiger partial charge in [0.15, 0.2) is 12.2 Å². The van der Waals surface area contributed by atoms with Crippen molar-refractivity contribution in [3.8, 4) is 45.9 Å². The summed E-state index contributed by atoms with van der Waals surface area (Å²) in [5.74, 6) is 0.960. The van der Waals surface area contributed by atoms with E-state index in [1.165, 1.54) is 18.2 Å². The largest absolute Gasteiger partial charge is 1.00 e. The van der Waals surface area contributed by atoms with E-state index in [-0.39, 0.29) is 47.5 Å². The molecule has 0 radical (unpaired) electrons. The molecule has 1 amide bonds. The van der Waals surface area contributed by atoms with Gasteiger partial charge >= 0.3 is 35.5 Å². The molecule has 3 N–H and O–H groups in total. The topological polar surface area (TPSA) is 225 Å². The van der Waals surface area contributed by atoms with Gasteiger partial charge in [-0.15, -0.1) is 0 Å². The maximum atomic E-state index is 12.1. The van der Waals surface area contributed by atoms with Crippen LogP contribution < -0.4 is 55.2 Å². The minimum absolute atomic E-state index is 0. The maximum absolute atomic E-state index is 12.1. The standard InChI is InChI=1S/C21H20N2O3.C18H18N2O.C4H6O3.C3H4O3.Na/c1-12(2)13-3-5-14(6-4-13)16-9-18(23-21(24)19-11-26-19)17(10-22)15-7-8-25-20(15)16;1-11(2)12-3-5-13(6-4-12)15-9-17(20)16(10-19)14-7-8-21-18(14)15;1-6-4(5)3-2-7-3;4-3(5)2-1-6-2;/h3-6,9,12,19H,7-8,11H2,1-2H3,(H,23,24);3-6,9,11H,7-8,20H2,1-2H3;3H,2H2,1H3;2H,1H2,(H,4,5);/q;;;;+1/p-1/t19-;;3-;2-;/m0.00./s1. The number of nitrogen functional groups attached to an aromatic ring is 1. The smallest absolute Gasteiger partial charge is 0.547 e. The Labute approximate surface area is 377 Å². The molecule has 61 heavy (non-hydrogen) atoms. The van der Waals surface area contributed by atoms with Gasteiger partial charge in [-0.1, -0.05) is 76.2 Å². The number of ether oxygens (including phenoxy) is 6. The van der Waals surface area contributed by atoms with Crippen LogP contribution in [0.4, 0.5) is 11.4 Å². The number of fused-ring (bicyclic) bond motifs is 2. The molecule has 15 heteroatoms. The Morgan fingerprint density at radius 3 is 1.54 bits per heavy atom. The number of carboxylic acid groups (broad SMARTS) is 1. The summed E-state index contributed by atoms with van der Waals surface area (Å²) in [6.45, 7) is 11.1. The van der Waals surface area contributed by atoms with Gasteiger partial charge in [-0.3, -0.25) is 4.79 Å². The fourth-order valence-corrected chi connectivity index (χ4v) is 6.58. The Bertz CT molecular complexity index is 2320. The molecule has 0 aromatic heterocycles. The first-order valence-corrected chi connectivity index (χ1v) is 19.7. The van der Waals surface area contributed by atoms with Crippen molar-refractivity contribution < 1.29 is 77.5 Å². The van der Waals surface area contributed by atoms with Gasteiger partial charge in [-0.2, -0.15) is 10.5 Å². The van der Waals surface area contributed by atoms with E-state index in [1.54, 1.807) is 0 Å². The Hall–Kier alpha value is -5.45. The number of carboxylic acids is 1. The molecule has 0 aliphatic carbocycles. The van der Waals surface area contributed by atoms with Crippen LogP contribution in [0.2, 0.25) is 0 Å². The van der Waals surface area contributed by atoms with Crippen LogP contribution in [0.1, 0.15) is 72.9 Å². The van der Waals surface area contributed by atoms with Crippen LogP contribution in [0, 0.1) is 22.7 Å². The molecule has 4 aromatic carbocycles. The number of carbonyl (C=O) groups is 3. The number of nitrogens with zero attached hydrogens (tertiary/aromatic N) is 2. The van der Waals surface area contributed by atoms with Gasteiger partial charge in [-0.25, -0.2) is 4.79 Å². The number of rotatable bonds is 8. The number of anilines is 2. The van der Waals surface area contributed by atoms with Crippen molar-refractivity contribution in [3.63, 3.8) is 0 Å².